The van der Waals surface area contributed by atoms with Crippen LogP contribution < -0.4 is 4.90 Å². The Bertz CT molecular complexity index is 861. The molecule has 0 amide bonds. The van der Waals surface area contributed by atoms with Crippen LogP contribution in [0.3, 0.4) is 0 Å². The number of fused-ring (bicyclic) bond motifs is 1. The minimum atomic E-state index is -0.237. The summed E-state index contributed by atoms with van der Waals surface area (Å²) < 4.78 is 4.79. The molecule has 2 aromatic heterocycles. The van der Waals surface area contributed by atoms with E-state index in [1.165, 1.54) is 17.6 Å². The van der Waals surface area contributed by atoms with Gasteiger partial charge in [0.15, 0.2) is 0 Å². The Morgan fingerprint density at radius 2 is 1.96 bits per heavy atom. The van der Waals surface area contributed by atoms with E-state index < -0.39 is 0 Å². The molecule has 0 bridgehead atoms. The first-order valence-corrected chi connectivity index (χ1v) is 8.53. The fourth-order valence-electron chi connectivity index (χ4n) is 2.64. The molecule has 3 rings (SSSR count). The lowest BCUT2D eigenvalue weighted by Gasteiger charge is -2.24. The smallest absolute Gasteiger partial charge is 0.307 e. The number of hydrogen-bond donors (Lipinski definition) is 0. The molecule has 0 atom stereocenters. The average molecular weight is 341 g/mol. The van der Waals surface area contributed by atoms with Gasteiger partial charge in [-0.1, -0.05) is 18.2 Å². The predicted molar refractivity (Wildman–Crippen MR) is 97.0 cm³/mol. The number of ether oxygens (including phenoxy) is 1. The molecule has 0 saturated heterocycles. The fraction of sp³-hybridized carbons (Fsp3) is 0.278. The molecule has 0 aliphatic heterocycles. The predicted octanol–water partition coefficient (Wildman–Crippen LogP) is 4.01. The number of hydrogen-bond acceptors (Lipinski definition) is 6. The van der Waals surface area contributed by atoms with Crippen molar-refractivity contribution in [2.45, 2.75) is 20.3 Å². The van der Waals surface area contributed by atoms with Gasteiger partial charge in [0.05, 0.1) is 18.9 Å². The van der Waals surface area contributed by atoms with Gasteiger partial charge < -0.3 is 9.64 Å². The lowest BCUT2D eigenvalue weighted by atomic mass is 10.2. The van der Waals surface area contributed by atoms with Crippen LogP contribution in [0.5, 0.6) is 0 Å². The van der Waals surface area contributed by atoms with Gasteiger partial charge >= 0.3 is 5.97 Å². The summed E-state index contributed by atoms with van der Waals surface area (Å²) in [6.07, 6.45) is 1.88. The van der Waals surface area contributed by atoms with Crippen LogP contribution in [0, 0.1) is 13.8 Å². The molecule has 2 heterocycles. The summed E-state index contributed by atoms with van der Waals surface area (Å²) in [6.45, 7) is 4.68. The Hall–Kier alpha value is -2.47. The summed E-state index contributed by atoms with van der Waals surface area (Å²) in [5, 5.41) is 1.05. The molecule has 6 heteroatoms. The number of anilines is 2. The third kappa shape index (κ3) is 3.10. The van der Waals surface area contributed by atoms with Gasteiger partial charge in [0.1, 0.15) is 17.0 Å². The number of aryl methyl sites for hydroxylation is 2. The van der Waals surface area contributed by atoms with Crippen molar-refractivity contribution >= 4 is 39.0 Å². The molecule has 0 unspecified atom stereocenters. The number of esters is 1. The van der Waals surface area contributed by atoms with Crippen LogP contribution in [-0.2, 0) is 9.53 Å². The zero-order valence-corrected chi connectivity index (χ0v) is 14.8. The molecule has 0 aliphatic rings. The second-order valence-corrected chi connectivity index (χ2v) is 6.68. The number of aromatic nitrogens is 2. The normalized spacial score (nSPS) is 10.8. The first-order chi connectivity index (χ1) is 11.6. The Morgan fingerprint density at radius 3 is 2.67 bits per heavy atom. The van der Waals surface area contributed by atoms with Crippen molar-refractivity contribution in [2.75, 3.05) is 18.6 Å². The highest BCUT2D eigenvalue weighted by Crippen LogP contribution is 2.36. The highest BCUT2D eigenvalue weighted by Gasteiger charge is 2.19. The quantitative estimate of drug-likeness (QED) is 0.656. The summed E-state index contributed by atoms with van der Waals surface area (Å²) in [6, 6.07) is 9.95. The van der Waals surface area contributed by atoms with E-state index in [4.69, 9.17) is 4.74 Å². The van der Waals surface area contributed by atoms with Crippen molar-refractivity contribution in [3.05, 3.63) is 47.1 Å². The number of rotatable bonds is 5. The molecule has 5 nitrogen and oxygen atoms in total. The number of methoxy groups -OCH3 is 1. The standard InChI is InChI=1S/C18H19N3O2S/c1-12-13(2)24-18-16(12)17(19-11-20-18)21(10-9-15(22)23-3)14-7-5-4-6-8-14/h4-8,11H,9-10H2,1-3H3. The molecule has 24 heavy (non-hydrogen) atoms. The SMILES string of the molecule is COC(=O)CCN(c1ccccc1)c1ncnc2sc(C)c(C)c12. The third-order valence-electron chi connectivity index (χ3n) is 4.04. The van der Waals surface area contributed by atoms with Crippen LogP contribution in [0.2, 0.25) is 0 Å². The summed E-state index contributed by atoms with van der Waals surface area (Å²) in [5.41, 5.74) is 2.18. The number of para-hydroxylation sites is 1. The Balaban J connectivity index is 2.10. The average Bonchev–Trinajstić information content (AvgIpc) is 2.91. The van der Waals surface area contributed by atoms with Gasteiger partial charge in [-0.25, -0.2) is 9.97 Å². The lowest BCUT2D eigenvalue weighted by molar-refractivity contribution is -0.140. The van der Waals surface area contributed by atoms with Crippen molar-refractivity contribution in [3.63, 3.8) is 0 Å². The maximum Gasteiger partial charge on any atom is 0.307 e. The maximum absolute atomic E-state index is 11.6. The minimum Gasteiger partial charge on any atom is -0.469 e. The number of nitrogens with zero attached hydrogens (tertiary/aromatic N) is 3. The molecule has 0 aliphatic carbocycles. The topological polar surface area (TPSA) is 55.3 Å². The highest BCUT2D eigenvalue weighted by atomic mass is 32.1. The van der Waals surface area contributed by atoms with E-state index in [9.17, 15) is 4.79 Å². The third-order valence-corrected chi connectivity index (χ3v) is 5.15. The summed E-state index contributed by atoms with van der Waals surface area (Å²) >= 11 is 1.67. The number of thiophene rings is 1. The fourth-order valence-corrected chi connectivity index (χ4v) is 3.63. The molecule has 0 spiro atoms. The van der Waals surface area contributed by atoms with E-state index in [1.807, 2.05) is 30.3 Å². The molecular weight excluding hydrogens is 322 g/mol. The van der Waals surface area contributed by atoms with Crippen LogP contribution in [0.25, 0.3) is 10.2 Å². The Kier molecular flexibility index (Phi) is 4.76. The molecular formula is C18H19N3O2S. The summed E-state index contributed by atoms with van der Waals surface area (Å²) in [7, 11) is 1.41. The molecule has 0 radical (unpaired) electrons. The van der Waals surface area contributed by atoms with E-state index in [2.05, 4.69) is 28.7 Å². The number of carbonyl (C=O) groups is 1. The van der Waals surface area contributed by atoms with Crippen molar-refractivity contribution in [3.8, 4) is 0 Å². The van der Waals surface area contributed by atoms with Gasteiger partial charge in [-0.05, 0) is 31.5 Å². The van der Waals surface area contributed by atoms with Crippen molar-refractivity contribution < 1.29 is 9.53 Å². The zero-order valence-electron chi connectivity index (χ0n) is 13.9. The van der Waals surface area contributed by atoms with Gasteiger partial charge in [-0.3, -0.25) is 4.79 Å². The highest BCUT2D eigenvalue weighted by molar-refractivity contribution is 7.18. The Labute approximate surface area is 144 Å². The molecule has 1 aromatic carbocycles. The number of carbonyl (C=O) groups excluding carboxylic acids is 1. The van der Waals surface area contributed by atoms with E-state index in [0.717, 1.165) is 21.7 Å². The van der Waals surface area contributed by atoms with E-state index in [-0.39, 0.29) is 5.97 Å². The van der Waals surface area contributed by atoms with Crippen LogP contribution in [0.15, 0.2) is 36.7 Å². The van der Waals surface area contributed by atoms with Crippen molar-refractivity contribution in [1.82, 2.24) is 9.97 Å². The van der Waals surface area contributed by atoms with E-state index in [1.54, 1.807) is 17.7 Å². The largest absolute Gasteiger partial charge is 0.469 e. The Morgan fingerprint density at radius 1 is 1.21 bits per heavy atom. The van der Waals surface area contributed by atoms with Gasteiger partial charge in [0, 0.05) is 17.1 Å². The first kappa shape index (κ1) is 16.4. The van der Waals surface area contributed by atoms with Crippen LogP contribution in [-0.4, -0.2) is 29.6 Å². The van der Waals surface area contributed by atoms with Gasteiger partial charge in [0.25, 0.3) is 0 Å². The molecule has 0 N–H and O–H groups in total. The second kappa shape index (κ2) is 6.97. The molecule has 0 fully saturated rings. The summed E-state index contributed by atoms with van der Waals surface area (Å²) in [4.78, 5) is 24.8. The van der Waals surface area contributed by atoms with Crippen LogP contribution >= 0.6 is 11.3 Å². The molecule has 3 aromatic rings. The van der Waals surface area contributed by atoms with Gasteiger partial charge in [-0.2, -0.15) is 0 Å². The lowest BCUT2D eigenvalue weighted by Crippen LogP contribution is -2.22. The van der Waals surface area contributed by atoms with E-state index in [0.29, 0.717) is 13.0 Å². The second-order valence-electron chi connectivity index (χ2n) is 5.47. The van der Waals surface area contributed by atoms with Crippen LogP contribution in [0.4, 0.5) is 11.5 Å². The number of benzene rings is 1. The molecule has 124 valence electrons. The van der Waals surface area contributed by atoms with Crippen molar-refractivity contribution in [1.29, 1.82) is 0 Å². The minimum absolute atomic E-state index is 0.237. The van der Waals surface area contributed by atoms with Crippen LogP contribution in [0.1, 0.15) is 16.9 Å². The summed E-state index contributed by atoms with van der Waals surface area (Å²) in [5.74, 6) is 0.594. The van der Waals surface area contributed by atoms with E-state index >= 15 is 0 Å². The van der Waals surface area contributed by atoms with Gasteiger partial charge in [-0.15, -0.1) is 11.3 Å². The van der Waals surface area contributed by atoms with Gasteiger partial charge in [0.2, 0.25) is 0 Å². The first-order valence-electron chi connectivity index (χ1n) is 7.72. The monoisotopic (exact) mass is 341 g/mol. The molecule has 0 saturated carbocycles. The zero-order chi connectivity index (χ0) is 17.1. The maximum atomic E-state index is 11.6. The van der Waals surface area contributed by atoms with Crippen molar-refractivity contribution in [2.24, 2.45) is 0 Å².